The highest BCUT2D eigenvalue weighted by Crippen LogP contribution is 2.49. The summed E-state index contributed by atoms with van der Waals surface area (Å²) in [4.78, 5) is 11.6. The third kappa shape index (κ3) is 7.35. The van der Waals surface area contributed by atoms with Crippen LogP contribution in [0.3, 0.4) is 0 Å². The van der Waals surface area contributed by atoms with Crippen molar-refractivity contribution in [1.29, 1.82) is 0 Å². The summed E-state index contributed by atoms with van der Waals surface area (Å²) < 4.78 is 26.6. The van der Waals surface area contributed by atoms with Gasteiger partial charge in [-0.15, -0.1) is 17.8 Å². The summed E-state index contributed by atoms with van der Waals surface area (Å²) in [6.45, 7) is 4.21. The first-order valence-electron chi connectivity index (χ1n) is 5.36. The minimum atomic E-state index is -4.04. The van der Waals surface area contributed by atoms with Crippen LogP contribution in [-0.4, -0.2) is 25.5 Å². The molecule has 5 nitrogen and oxygen atoms in total. The van der Waals surface area contributed by atoms with Crippen molar-refractivity contribution in [3.05, 3.63) is 0 Å². The molecule has 0 aliphatic rings. The maximum atomic E-state index is 12.2. The van der Waals surface area contributed by atoms with Crippen molar-refractivity contribution in [2.45, 2.75) is 20.8 Å². The van der Waals surface area contributed by atoms with E-state index in [0.29, 0.717) is 0 Å². The van der Waals surface area contributed by atoms with Crippen LogP contribution in [0.2, 0.25) is 0 Å². The van der Waals surface area contributed by atoms with Crippen molar-refractivity contribution in [2.75, 3.05) is 19.8 Å². The van der Waals surface area contributed by atoms with Crippen LogP contribution in [0.5, 0.6) is 0 Å². The Morgan fingerprint density at radius 3 is 1.74 bits per heavy atom. The Bertz CT molecular complexity index is 490. The molecule has 0 heterocycles. The maximum Gasteiger partial charge on any atom is 0.440 e. The Kier molecular flexibility index (Phi) is 9.33. The fourth-order valence-electron chi connectivity index (χ4n) is 0.771. The van der Waals surface area contributed by atoms with E-state index in [9.17, 15) is 9.36 Å². The van der Waals surface area contributed by atoms with E-state index >= 15 is 0 Å². The lowest BCUT2D eigenvalue weighted by atomic mass is 10.6. The largest absolute Gasteiger partial charge is 0.443 e. The molecule has 0 aliphatic heterocycles. The number of rotatable bonds is 6. The lowest BCUT2D eigenvalue weighted by Crippen LogP contribution is -2.10. The average molecular weight is 282 g/mol. The van der Waals surface area contributed by atoms with Crippen LogP contribution in [0.1, 0.15) is 20.8 Å². The molecule has 0 aromatic rings. The molecule has 6 heteroatoms. The molecule has 0 saturated heterocycles. The Morgan fingerprint density at radius 2 is 1.32 bits per heavy atom. The van der Waals surface area contributed by atoms with Gasteiger partial charge in [0.1, 0.15) is 13.2 Å². The molecular formula is C13H15O5P. The first-order valence-corrected chi connectivity index (χ1v) is 6.90. The number of hydrogen-bond donors (Lipinski definition) is 0. The highest BCUT2D eigenvalue weighted by Gasteiger charge is 2.36. The summed E-state index contributed by atoms with van der Waals surface area (Å²) in [5, 5.41) is 0. The average Bonchev–Trinajstić information content (AvgIpc) is 2.39. The molecule has 0 unspecified atom stereocenters. The molecular weight excluding hydrogens is 267 g/mol. The van der Waals surface area contributed by atoms with Crippen LogP contribution in [0.25, 0.3) is 0 Å². The zero-order valence-electron chi connectivity index (χ0n) is 11.1. The zero-order valence-corrected chi connectivity index (χ0v) is 12.0. The second-order valence-electron chi connectivity index (χ2n) is 2.88. The third-order valence-corrected chi connectivity index (χ3v) is 3.15. The van der Waals surface area contributed by atoms with Gasteiger partial charge in [-0.3, -0.25) is 9.05 Å². The van der Waals surface area contributed by atoms with Gasteiger partial charge in [-0.05, 0) is 20.8 Å². The van der Waals surface area contributed by atoms with E-state index in [0.717, 1.165) is 0 Å². The van der Waals surface area contributed by atoms with Gasteiger partial charge in [0.15, 0.2) is 6.61 Å². The molecule has 102 valence electrons. The summed E-state index contributed by atoms with van der Waals surface area (Å²) in [6.07, 6.45) is 0. The van der Waals surface area contributed by atoms with Gasteiger partial charge in [0.2, 0.25) is 0 Å². The normalized spacial score (nSPS) is 9.00. The molecule has 0 spiro atoms. The molecule has 0 radical (unpaired) electrons. The minimum absolute atomic E-state index is 0.176. The van der Waals surface area contributed by atoms with Crippen molar-refractivity contribution in [2.24, 2.45) is 0 Å². The lowest BCUT2D eigenvalue weighted by Gasteiger charge is -2.13. The molecule has 19 heavy (non-hydrogen) atoms. The van der Waals surface area contributed by atoms with Crippen LogP contribution in [0.4, 0.5) is 4.79 Å². The molecule has 0 saturated carbocycles. The van der Waals surface area contributed by atoms with E-state index in [-0.39, 0.29) is 19.8 Å². The van der Waals surface area contributed by atoms with Crippen molar-refractivity contribution in [3.8, 4) is 35.5 Å². The monoisotopic (exact) mass is 282 g/mol. The fraction of sp³-hybridized carbons (Fsp3) is 0.462. The molecule has 0 aromatic carbocycles. The lowest BCUT2D eigenvalue weighted by molar-refractivity contribution is 0.164. The van der Waals surface area contributed by atoms with Crippen LogP contribution < -0.4 is 0 Å². The van der Waals surface area contributed by atoms with E-state index in [4.69, 9.17) is 9.05 Å². The standard InChI is InChI=1S/C13H15O5P/c1-4-7-10-16-13(14)19(15,17-11-8-5-2)18-12-9-6-3/h10-12H2,1-3H3. The van der Waals surface area contributed by atoms with Gasteiger partial charge < -0.3 is 4.74 Å². The van der Waals surface area contributed by atoms with Crippen molar-refractivity contribution in [1.82, 2.24) is 0 Å². The third-order valence-electron chi connectivity index (χ3n) is 1.64. The predicted molar refractivity (Wildman–Crippen MR) is 71.2 cm³/mol. The number of carbonyl (C=O) groups is 1. The molecule has 0 atom stereocenters. The molecule has 0 N–H and O–H groups in total. The van der Waals surface area contributed by atoms with E-state index < -0.39 is 13.3 Å². The highest BCUT2D eigenvalue weighted by atomic mass is 31.2. The number of ether oxygens (including phenoxy) is 1. The molecule has 0 fully saturated rings. The summed E-state index contributed by atoms with van der Waals surface area (Å²) in [6, 6.07) is 0. The Morgan fingerprint density at radius 1 is 0.895 bits per heavy atom. The van der Waals surface area contributed by atoms with E-state index in [1.165, 1.54) is 0 Å². The highest BCUT2D eigenvalue weighted by molar-refractivity contribution is 7.71. The SMILES string of the molecule is CC#CCOC(=O)P(=O)(OCC#CC)OCC#CC. The van der Waals surface area contributed by atoms with E-state index in [1.807, 2.05) is 0 Å². The number of carbonyl (C=O) groups excluding carboxylic acids is 1. The van der Waals surface area contributed by atoms with Gasteiger partial charge in [0, 0.05) is 0 Å². The van der Waals surface area contributed by atoms with Gasteiger partial charge in [-0.2, -0.15) is 0 Å². The van der Waals surface area contributed by atoms with Crippen molar-refractivity contribution >= 4 is 13.3 Å². The second-order valence-corrected chi connectivity index (χ2v) is 4.76. The van der Waals surface area contributed by atoms with Crippen LogP contribution >= 0.6 is 7.60 Å². The van der Waals surface area contributed by atoms with Gasteiger partial charge in [0.25, 0.3) is 0 Å². The Balaban J connectivity index is 4.70. The number of hydrogen-bond acceptors (Lipinski definition) is 5. The van der Waals surface area contributed by atoms with Gasteiger partial charge in [0.05, 0.1) is 0 Å². The second kappa shape index (κ2) is 10.2. The van der Waals surface area contributed by atoms with Crippen molar-refractivity contribution < 1.29 is 23.1 Å². The van der Waals surface area contributed by atoms with E-state index in [2.05, 4.69) is 40.3 Å². The van der Waals surface area contributed by atoms with Gasteiger partial charge >= 0.3 is 13.3 Å². The summed E-state index contributed by atoms with van der Waals surface area (Å²) >= 11 is 0. The topological polar surface area (TPSA) is 61.8 Å². The Labute approximate surface area is 113 Å². The zero-order chi connectivity index (χ0) is 14.6. The molecule has 0 aliphatic carbocycles. The molecule has 0 aromatic heterocycles. The Hall–Kier alpha value is -1.70. The smallest absolute Gasteiger partial charge is 0.440 e. The minimum Gasteiger partial charge on any atom is -0.443 e. The summed E-state index contributed by atoms with van der Waals surface area (Å²) in [5.41, 5.74) is -1.09. The first kappa shape index (κ1) is 17.3. The molecule has 0 amide bonds. The van der Waals surface area contributed by atoms with Crippen LogP contribution in [-0.2, 0) is 18.3 Å². The quantitative estimate of drug-likeness (QED) is 0.553. The first-order chi connectivity index (χ1) is 9.10. The van der Waals surface area contributed by atoms with Gasteiger partial charge in [-0.1, -0.05) is 17.8 Å². The summed E-state index contributed by atoms with van der Waals surface area (Å²) in [7, 11) is -4.04. The summed E-state index contributed by atoms with van der Waals surface area (Å²) in [5.74, 6) is 15.2. The van der Waals surface area contributed by atoms with Crippen LogP contribution in [0, 0.1) is 35.5 Å². The van der Waals surface area contributed by atoms with E-state index in [1.54, 1.807) is 20.8 Å². The maximum absolute atomic E-state index is 12.2. The predicted octanol–water partition coefficient (Wildman–Crippen LogP) is 2.42. The van der Waals surface area contributed by atoms with Crippen LogP contribution in [0.15, 0.2) is 0 Å². The molecule has 0 bridgehead atoms. The molecule has 0 rings (SSSR count). The van der Waals surface area contributed by atoms with Crippen molar-refractivity contribution in [3.63, 3.8) is 0 Å². The van der Waals surface area contributed by atoms with Gasteiger partial charge in [-0.25, -0.2) is 9.36 Å². The fourth-order valence-corrected chi connectivity index (χ4v) is 1.75.